The maximum atomic E-state index is 12.7. The number of rotatable bonds is 5. The maximum absolute atomic E-state index is 12.7. The van der Waals surface area contributed by atoms with Gasteiger partial charge >= 0.3 is 5.97 Å². The number of benzene rings is 2. The van der Waals surface area contributed by atoms with Crippen LogP contribution in [0.5, 0.6) is 23.0 Å². The van der Waals surface area contributed by atoms with Gasteiger partial charge in [0, 0.05) is 24.1 Å². The summed E-state index contributed by atoms with van der Waals surface area (Å²) < 4.78 is 23.0. The summed E-state index contributed by atoms with van der Waals surface area (Å²) >= 11 is 0. The van der Waals surface area contributed by atoms with Crippen LogP contribution in [0.3, 0.4) is 0 Å². The molecule has 7 heteroatoms. The molecule has 2 aliphatic heterocycles. The van der Waals surface area contributed by atoms with Crippen LogP contribution in [-0.4, -0.2) is 31.7 Å². The predicted molar refractivity (Wildman–Crippen MR) is 122 cm³/mol. The molecule has 2 aromatic rings. The number of hydrogen-bond donors (Lipinski definition) is 1. The Morgan fingerprint density at radius 1 is 1.03 bits per heavy atom. The topological polar surface area (TPSA) is 83.1 Å². The predicted octanol–water partition coefficient (Wildman–Crippen LogP) is 4.82. The molecule has 1 fully saturated rings. The van der Waals surface area contributed by atoms with Crippen LogP contribution in [0.25, 0.3) is 0 Å². The first-order valence-corrected chi connectivity index (χ1v) is 11.8. The molecule has 1 N–H and O–H groups in total. The summed E-state index contributed by atoms with van der Waals surface area (Å²) in [7, 11) is 0. The fraction of sp³-hybridized carbons (Fsp3) is 0.462. The average Bonchev–Trinajstić information content (AvgIpc) is 2.84. The summed E-state index contributed by atoms with van der Waals surface area (Å²) in [5.41, 5.74) is 2.61. The summed E-state index contributed by atoms with van der Waals surface area (Å²) in [4.78, 5) is 25.2. The highest BCUT2D eigenvalue weighted by Crippen LogP contribution is 2.45. The second kappa shape index (κ2) is 9.33. The molecule has 0 bridgehead atoms. The van der Waals surface area contributed by atoms with Crippen LogP contribution in [0.4, 0.5) is 5.69 Å². The van der Waals surface area contributed by atoms with Crippen LogP contribution in [0.15, 0.2) is 30.3 Å². The third-order valence-electron chi connectivity index (χ3n) is 6.57. The second-order valence-corrected chi connectivity index (χ2v) is 8.78. The molecule has 1 amide bonds. The molecule has 0 unspecified atom stereocenters. The van der Waals surface area contributed by atoms with Gasteiger partial charge in [0.05, 0.1) is 12.5 Å². The highest BCUT2D eigenvalue weighted by atomic mass is 16.6. The van der Waals surface area contributed by atoms with Crippen LogP contribution in [0, 0.1) is 5.92 Å². The van der Waals surface area contributed by atoms with Gasteiger partial charge in [-0.2, -0.15) is 0 Å². The normalized spacial score (nSPS) is 19.9. The number of esters is 1. The van der Waals surface area contributed by atoms with Crippen LogP contribution in [0.2, 0.25) is 0 Å². The fourth-order valence-electron chi connectivity index (χ4n) is 4.92. The number of amides is 1. The Morgan fingerprint density at radius 2 is 1.79 bits per heavy atom. The van der Waals surface area contributed by atoms with Gasteiger partial charge in [-0.25, -0.2) is 0 Å². The molecule has 1 saturated carbocycles. The quantitative estimate of drug-likeness (QED) is 0.519. The number of anilines is 1. The van der Waals surface area contributed by atoms with Crippen molar-refractivity contribution in [3.63, 3.8) is 0 Å². The van der Waals surface area contributed by atoms with Gasteiger partial charge in [-0.15, -0.1) is 0 Å². The standard InChI is InChI=1S/C26H29NO6/c1-2-30-22-12-17(8-9-21(22)33-26(29)16-6-4-3-5-7-16)18-14-25(28)27-20-15-24-23(13-19(18)20)31-10-11-32-24/h8-9,12-13,15-16,18H,2-7,10-11,14H2,1H3,(H,27,28)/t18-/m1/s1. The number of carbonyl (C=O) groups is 2. The van der Waals surface area contributed by atoms with E-state index in [0.717, 1.165) is 42.5 Å². The molecule has 2 aromatic carbocycles. The summed E-state index contributed by atoms with van der Waals surface area (Å²) in [6.45, 7) is 3.32. The van der Waals surface area contributed by atoms with Crippen molar-refractivity contribution in [1.82, 2.24) is 0 Å². The van der Waals surface area contributed by atoms with E-state index in [4.69, 9.17) is 18.9 Å². The van der Waals surface area contributed by atoms with Gasteiger partial charge in [-0.3, -0.25) is 9.59 Å². The van der Waals surface area contributed by atoms with Crippen LogP contribution in [-0.2, 0) is 9.59 Å². The minimum atomic E-state index is -0.186. The molecule has 7 nitrogen and oxygen atoms in total. The van der Waals surface area contributed by atoms with Gasteiger partial charge in [0.1, 0.15) is 13.2 Å². The van der Waals surface area contributed by atoms with E-state index in [0.29, 0.717) is 49.2 Å². The van der Waals surface area contributed by atoms with Gasteiger partial charge in [0.2, 0.25) is 5.91 Å². The van der Waals surface area contributed by atoms with Crippen molar-refractivity contribution in [2.75, 3.05) is 25.1 Å². The second-order valence-electron chi connectivity index (χ2n) is 8.78. The zero-order valence-electron chi connectivity index (χ0n) is 18.9. The number of carbonyl (C=O) groups excluding carboxylic acids is 2. The highest BCUT2D eigenvalue weighted by Gasteiger charge is 2.30. The first-order chi connectivity index (χ1) is 16.1. The molecule has 3 aliphatic rings. The molecule has 5 rings (SSSR count). The van der Waals surface area contributed by atoms with E-state index in [1.165, 1.54) is 6.42 Å². The summed E-state index contributed by atoms with van der Waals surface area (Å²) in [6.07, 6.45) is 5.38. The molecule has 33 heavy (non-hydrogen) atoms. The lowest BCUT2D eigenvalue weighted by Crippen LogP contribution is -2.25. The van der Waals surface area contributed by atoms with Crippen molar-refractivity contribution >= 4 is 17.6 Å². The number of ether oxygens (including phenoxy) is 4. The number of fused-ring (bicyclic) bond motifs is 2. The van der Waals surface area contributed by atoms with E-state index in [1.807, 2.05) is 31.2 Å². The Labute approximate surface area is 193 Å². The van der Waals surface area contributed by atoms with E-state index < -0.39 is 0 Å². The first kappa shape index (κ1) is 21.6. The first-order valence-electron chi connectivity index (χ1n) is 11.8. The van der Waals surface area contributed by atoms with E-state index in [9.17, 15) is 9.59 Å². The van der Waals surface area contributed by atoms with Crippen molar-refractivity contribution < 1.29 is 28.5 Å². The van der Waals surface area contributed by atoms with Crippen molar-refractivity contribution in [3.05, 3.63) is 41.5 Å². The third kappa shape index (κ3) is 4.49. The molecule has 0 radical (unpaired) electrons. The Balaban J connectivity index is 1.45. The van der Waals surface area contributed by atoms with Crippen LogP contribution in [0.1, 0.15) is 62.5 Å². The summed E-state index contributed by atoms with van der Waals surface area (Å²) in [5.74, 6) is 1.81. The smallest absolute Gasteiger partial charge is 0.314 e. The molecular weight excluding hydrogens is 422 g/mol. The molecule has 0 aromatic heterocycles. The third-order valence-corrected chi connectivity index (χ3v) is 6.57. The Kier molecular flexibility index (Phi) is 6.11. The van der Waals surface area contributed by atoms with Gasteiger partial charge in [0.25, 0.3) is 0 Å². The monoisotopic (exact) mass is 451 g/mol. The van der Waals surface area contributed by atoms with Crippen molar-refractivity contribution in [3.8, 4) is 23.0 Å². The summed E-state index contributed by atoms with van der Waals surface area (Å²) in [6, 6.07) is 9.36. The van der Waals surface area contributed by atoms with Gasteiger partial charge in [-0.1, -0.05) is 25.3 Å². The number of nitrogens with one attached hydrogen (secondary N) is 1. The van der Waals surface area contributed by atoms with Gasteiger partial charge in [-0.05, 0) is 49.1 Å². The largest absolute Gasteiger partial charge is 0.490 e. The lowest BCUT2D eigenvalue weighted by molar-refractivity contribution is -0.140. The Morgan fingerprint density at radius 3 is 2.55 bits per heavy atom. The molecule has 1 atom stereocenters. The van der Waals surface area contributed by atoms with E-state index >= 15 is 0 Å². The minimum absolute atomic E-state index is 0.0461. The lowest BCUT2D eigenvalue weighted by atomic mass is 9.84. The highest BCUT2D eigenvalue weighted by molar-refractivity contribution is 5.96. The van der Waals surface area contributed by atoms with E-state index in [2.05, 4.69) is 5.32 Å². The maximum Gasteiger partial charge on any atom is 0.314 e. The molecular formula is C26H29NO6. The average molecular weight is 452 g/mol. The lowest BCUT2D eigenvalue weighted by Gasteiger charge is -2.29. The zero-order valence-corrected chi connectivity index (χ0v) is 18.9. The van der Waals surface area contributed by atoms with E-state index in [-0.39, 0.29) is 23.7 Å². The van der Waals surface area contributed by atoms with E-state index in [1.54, 1.807) is 6.07 Å². The number of hydrogen-bond acceptors (Lipinski definition) is 6. The van der Waals surface area contributed by atoms with Crippen molar-refractivity contribution in [2.45, 2.75) is 51.4 Å². The Hall–Kier alpha value is -3.22. The van der Waals surface area contributed by atoms with Crippen LogP contribution >= 0.6 is 0 Å². The van der Waals surface area contributed by atoms with Crippen molar-refractivity contribution in [1.29, 1.82) is 0 Å². The van der Waals surface area contributed by atoms with Crippen LogP contribution < -0.4 is 24.3 Å². The fourth-order valence-corrected chi connectivity index (χ4v) is 4.92. The molecule has 174 valence electrons. The minimum Gasteiger partial charge on any atom is -0.490 e. The van der Waals surface area contributed by atoms with Gasteiger partial charge in [0.15, 0.2) is 23.0 Å². The van der Waals surface area contributed by atoms with Gasteiger partial charge < -0.3 is 24.3 Å². The Bertz CT molecular complexity index is 1060. The SMILES string of the molecule is CCOc1cc([C@H]2CC(=O)Nc3cc4c(cc32)OCCO4)ccc1OC(=O)C1CCCCC1. The molecule has 0 saturated heterocycles. The molecule has 1 aliphatic carbocycles. The molecule has 0 spiro atoms. The molecule has 2 heterocycles. The zero-order chi connectivity index (χ0) is 22.8. The summed E-state index contributed by atoms with van der Waals surface area (Å²) in [5, 5.41) is 2.95. The van der Waals surface area contributed by atoms with Crippen molar-refractivity contribution in [2.24, 2.45) is 5.92 Å².